The Labute approximate surface area is 197 Å². The SMILES string of the molecule is Cc1noc(C=Cc2ccc(S(=O)(=O)NCCc3ccc(Cl)cc3)cc2)c1NC(=O)C1CC1. The van der Waals surface area contributed by atoms with E-state index in [4.69, 9.17) is 16.1 Å². The van der Waals surface area contributed by atoms with Crippen LogP contribution in [0.15, 0.2) is 57.9 Å². The number of benzene rings is 2. The quantitative estimate of drug-likeness (QED) is 0.458. The zero-order chi connectivity index (χ0) is 23.4. The molecule has 0 unspecified atom stereocenters. The van der Waals surface area contributed by atoms with E-state index in [1.54, 1.807) is 55.5 Å². The first-order chi connectivity index (χ1) is 15.8. The number of nitrogens with zero attached hydrogens (tertiary/aromatic N) is 1. The number of aromatic nitrogens is 1. The summed E-state index contributed by atoms with van der Waals surface area (Å²) in [6.45, 7) is 2.05. The highest BCUT2D eigenvalue weighted by molar-refractivity contribution is 7.89. The predicted molar refractivity (Wildman–Crippen MR) is 128 cm³/mol. The maximum absolute atomic E-state index is 12.6. The summed E-state index contributed by atoms with van der Waals surface area (Å²) in [4.78, 5) is 12.3. The van der Waals surface area contributed by atoms with Gasteiger partial charge in [0, 0.05) is 17.5 Å². The van der Waals surface area contributed by atoms with Crippen molar-refractivity contribution in [1.82, 2.24) is 9.88 Å². The van der Waals surface area contributed by atoms with Crippen LogP contribution in [-0.2, 0) is 21.2 Å². The van der Waals surface area contributed by atoms with E-state index in [9.17, 15) is 13.2 Å². The second kappa shape index (κ2) is 9.91. The van der Waals surface area contributed by atoms with Gasteiger partial charge in [0.05, 0.1) is 4.90 Å². The first-order valence-corrected chi connectivity index (χ1v) is 12.5. The van der Waals surface area contributed by atoms with Crippen LogP contribution in [0.25, 0.3) is 12.2 Å². The van der Waals surface area contributed by atoms with E-state index >= 15 is 0 Å². The minimum absolute atomic E-state index is 0.0194. The number of hydrogen-bond donors (Lipinski definition) is 2. The molecule has 2 N–H and O–H groups in total. The summed E-state index contributed by atoms with van der Waals surface area (Å²) >= 11 is 5.87. The predicted octanol–water partition coefficient (Wildman–Crippen LogP) is 4.68. The normalized spacial score (nSPS) is 14.0. The molecular formula is C24H24ClN3O4S. The first-order valence-electron chi connectivity index (χ1n) is 10.6. The van der Waals surface area contributed by atoms with Gasteiger partial charge in [-0.15, -0.1) is 0 Å². The van der Waals surface area contributed by atoms with Crippen molar-refractivity contribution in [2.24, 2.45) is 5.92 Å². The van der Waals surface area contributed by atoms with Crippen molar-refractivity contribution in [2.75, 3.05) is 11.9 Å². The number of carbonyl (C=O) groups excluding carboxylic acids is 1. The number of anilines is 1. The van der Waals surface area contributed by atoms with Gasteiger partial charge in [-0.2, -0.15) is 0 Å². The van der Waals surface area contributed by atoms with Crippen LogP contribution in [0.1, 0.15) is 35.4 Å². The molecule has 7 nitrogen and oxygen atoms in total. The molecule has 172 valence electrons. The van der Waals surface area contributed by atoms with E-state index in [-0.39, 0.29) is 23.3 Å². The highest BCUT2D eigenvalue weighted by atomic mass is 35.5. The Hall–Kier alpha value is -2.94. The van der Waals surface area contributed by atoms with Crippen molar-refractivity contribution in [3.8, 4) is 0 Å². The number of carbonyl (C=O) groups is 1. The van der Waals surface area contributed by atoms with Crippen LogP contribution in [0.3, 0.4) is 0 Å². The Morgan fingerprint density at radius 2 is 1.82 bits per heavy atom. The first kappa shape index (κ1) is 23.2. The van der Waals surface area contributed by atoms with Crippen molar-refractivity contribution in [3.05, 3.63) is 76.1 Å². The lowest BCUT2D eigenvalue weighted by Crippen LogP contribution is -2.25. The minimum atomic E-state index is -3.62. The van der Waals surface area contributed by atoms with Gasteiger partial charge < -0.3 is 9.84 Å². The summed E-state index contributed by atoms with van der Waals surface area (Å²) in [5, 5.41) is 7.45. The summed E-state index contributed by atoms with van der Waals surface area (Å²) in [5.41, 5.74) is 2.95. The Bertz CT molecular complexity index is 1260. The molecule has 0 spiro atoms. The average molecular weight is 486 g/mol. The largest absolute Gasteiger partial charge is 0.354 e. The van der Waals surface area contributed by atoms with Gasteiger partial charge in [-0.25, -0.2) is 13.1 Å². The zero-order valence-corrected chi connectivity index (χ0v) is 19.6. The van der Waals surface area contributed by atoms with E-state index in [1.165, 1.54) is 0 Å². The lowest BCUT2D eigenvalue weighted by atomic mass is 10.2. The molecule has 0 atom stereocenters. The third-order valence-corrected chi connectivity index (χ3v) is 7.05. The molecule has 1 aliphatic carbocycles. The number of aryl methyl sites for hydroxylation is 1. The van der Waals surface area contributed by atoms with Gasteiger partial charge >= 0.3 is 0 Å². The summed E-state index contributed by atoms with van der Waals surface area (Å²) in [5.74, 6) is 0.501. The van der Waals surface area contributed by atoms with Crippen LogP contribution < -0.4 is 10.0 Å². The smallest absolute Gasteiger partial charge is 0.240 e. The highest BCUT2D eigenvalue weighted by Crippen LogP contribution is 2.32. The molecule has 9 heteroatoms. The maximum Gasteiger partial charge on any atom is 0.240 e. The zero-order valence-electron chi connectivity index (χ0n) is 18.0. The third-order valence-electron chi connectivity index (χ3n) is 5.32. The second-order valence-electron chi connectivity index (χ2n) is 7.95. The molecule has 1 fully saturated rings. The number of nitrogens with one attached hydrogen (secondary N) is 2. The van der Waals surface area contributed by atoms with E-state index in [0.29, 0.717) is 28.6 Å². The van der Waals surface area contributed by atoms with Crippen LogP contribution in [0.2, 0.25) is 5.02 Å². The Kier molecular flexibility index (Phi) is 6.97. The summed E-state index contributed by atoms with van der Waals surface area (Å²) in [7, 11) is -3.62. The average Bonchev–Trinajstić information content (AvgIpc) is 3.60. The number of hydrogen-bond acceptors (Lipinski definition) is 5. The molecule has 1 saturated carbocycles. The lowest BCUT2D eigenvalue weighted by Gasteiger charge is -2.07. The number of rotatable bonds is 9. The molecule has 0 radical (unpaired) electrons. The van der Waals surface area contributed by atoms with Crippen molar-refractivity contribution in [2.45, 2.75) is 31.1 Å². The van der Waals surface area contributed by atoms with E-state index in [2.05, 4.69) is 15.2 Å². The van der Waals surface area contributed by atoms with Gasteiger partial charge in [0.2, 0.25) is 15.9 Å². The molecular weight excluding hydrogens is 462 g/mol. The molecule has 0 bridgehead atoms. The van der Waals surface area contributed by atoms with Crippen molar-refractivity contribution >= 4 is 45.4 Å². The van der Waals surface area contributed by atoms with Crippen LogP contribution in [0.4, 0.5) is 5.69 Å². The van der Waals surface area contributed by atoms with Crippen LogP contribution >= 0.6 is 11.6 Å². The Balaban J connectivity index is 1.37. The van der Waals surface area contributed by atoms with Crippen molar-refractivity contribution in [1.29, 1.82) is 0 Å². The van der Waals surface area contributed by atoms with Gasteiger partial charge in [-0.05, 0) is 67.7 Å². The van der Waals surface area contributed by atoms with E-state index in [1.807, 2.05) is 12.1 Å². The molecule has 1 aliphatic rings. The highest BCUT2D eigenvalue weighted by Gasteiger charge is 2.30. The maximum atomic E-state index is 12.6. The Morgan fingerprint density at radius 1 is 1.12 bits per heavy atom. The van der Waals surface area contributed by atoms with Crippen LogP contribution in [-0.4, -0.2) is 26.0 Å². The van der Waals surface area contributed by atoms with E-state index < -0.39 is 10.0 Å². The number of halogens is 1. The summed E-state index contributed by atoms with van der Waals surface area (Å²) < 4.78 is 33.1. The minimum Gasteiger partial charge on any atom is -0.354 e. The Morgan fingerprint density at radius 3 is 2.48 bits per heavy atom. The number of amides is 1. The monoisotopic (exact) mass is 485 g/mol. The standard InChI is InChI=1S/C24H24ClN3O4S/c1-16-23(27-24(29)19-7-8-19)22(32-28-16)13-6-17-4-11-21(12-5-17)33(30,31)26-15-14-18-2-9-20(25)10-3-18/h2-6,9-13,19,26H,7-8,14-15H2,1H3,(H,27,29). The molecule has 1 amide bonds. The molecule has 1 aromatic heterocycles. The van der Waals surface area contributed by atoms with Gasteiger partial charge in [-0.1, -0.05) is 47.1 Å². The van der Waals surface area contributed by atoms with Gasteiger partial charge in [0.25, 0.3) is 0 Å². The molecule has 2 aromatic carbocycles. The third kappa shape index (κ3) is 6.10. The fraction of sp³-hybridized carbons (Fsp3) is 0.250. The van der Waals surface area contributed by atoms with Crippen molar-refractivity contribution < 1.29 is 17.7 Å². The number of sulfonamides is 1. The topological polar surface area (TPSA) is 101 Å². The fourth-order valence-electron chi connectivity index (χ4n) is 3.22. The molecule has 1 heterocycles. The van der Waals surface area contributed by atoms with Crippen molar-refractivity contribution in [3.63, 3.8) is 0 Å². The molecule has 0 aliphatic heterocycles. The van der Waals surface area contributed by atoms with Gasteiger partial charge in [-0.3, -0.25) is 4.79 Å². The molecule has 4 rings (SSSR count). The van der Waals surface area contributed by atoms with Gasteiger partial charge in [0.15, 0.2) is 5.76 Å². The lowest BCUT2D eigenvalue weighted by molar-refractivity contribution is -0.117. The molecule has 0 saturated heterocycles. The summed E-state index contributed by atoms with van der Waals surface area (Å²) in [6, 6.07) is 13.8. The second-order valence-corrected chi connectivity index (χ2v) is 10.2. The van der Waals surface area contributed by atoms with Crippen LogP contribution in [0.5, 0.6) is 0 Å². The molecule has 33 heavy (non-hydrogen) atoms. The van der Waals surface area contributed by atoms with E-state index in [0.717, 1.165) is 24.0 Å². The van der Waals surface area contributed by atoms with Gasteiger partial charge in [0.1, 0.15) is 11.4 Å². The van der Waals surface area contributed by atoms with Crippen LogP contribution in [0, 0.1) is 12.8 Å². The fourth-order valence-corrected chi connectivity index (χ4v) is 4.38. The molecule has 3 aromatic rings. The summed E-state index contributed by atoms with van der Waals surface area (Å²) in [6.07, 6.45) is 5.86.